The van der Waals surface area contributed by atoms with E-state index >= 15 is 0 Å². The zero-order valence-electron chi connectivity index (χ0n) is 20.0. The molecule has 0 bridgehead atoms. The second kappa shape index (κ2) is 10.5. The maximum absolute atomic E-state index is 13.4. The molecular formula is C28H29FN4O3. The molecule has 2 aliphatic heterocycles. The highest BCUT2D eigenvalue weighted by molar-refractivity contribution is 5.82. The van der Waals surface area contributed by atoms with E-state index in [1.54, 1.807) is 24.3 Å². The van der Waals surface area contributed by atoms with Crippen LogP contribution in [0.15, 0.2) is 72.8 Å². The average Bonchev–Trinajstić information content (AvgIpc) is 2.89. The van der Waals surface area contributed by atoms with Gasteiger partial charge in [-0.3, -0.25) is 19.8 Å². The molecular weight excluding hydrogens is 459 g/mol. The molecule has 0 radical (unpaired) electrons. The number of nitro benzene ring substituents is 1. The van der Waals surface area contributed by atoms with Gasteiger partial charge in [0.1, 0.15) is 5.82 Å². The maximum atomic E-state index is 13.4. The van der Waals surface area contributed by atoms with E-state index in [1.807, 2.05) is 36.4 Å². The van der Waals surface area contributed by atoms with Crippen molar-refractivity contribution in [3.8, 4) is 0 Å². The number of halogens is 1. The number of fused-ring (bicyclic) bond motifs is 3. The third-order valence-electron chi connectivity index (χ3n) is 7.20. The molecule has 7 nitrogen and oxygen atoms in total. The first-order valence-electron chi connectivity index (χ1n) is 12.3. The van der Waals surface area contributed by atoms with Crippen LogP contribution in [0.2, 0.25) is 0 Å². The van der Waals surface area contributed by atoms with Crippen molar-refractivity contribution < 1.29 is 14.1 Å². The molecule has 5 rings (SSSR count). The molecule has 2 heterocycles. The first-order valence-corrected chi connectivity index (χ1v) is 12.3. The van der Waals surface area contributed by atoms with Gasteiger partial charge in [0.15, 0.2) is 0 Å². The van der Waals surface area contributed by atoms with E-state index < -0.39 is 0 Å². The first kappa shape index (κ1) is 23.9. The van der Waals surface area contributed by atoms with Crippen molar-refractivity contribution in [2.24, 2.45) is 5.92 Å². The number of anilines is 1. The van der Waals surface area contributed by atoms with Gasteiger partial charge in [0.2, 0.25) is 5.91 Å². The summed E-state index contributed by atoms with van der Waals surface area (Å²) in [6.07, 6.45) is 1.20. The van der Waals surface area contributed by atoms with Gasteiger partial charge in [-0.25, -0.2) is 4.39 Å². The molecule has 8 heteroatoms. The number of piperazine rings is 1. The Balaban J connectivity index is 1.35. The summed E-state index contributed by atoms with van der Waals surface area (Å²) >= 11 is 0. The summed E-state index contributed by atoms with van der Waals surface area (Å²) in [6, 6.07) is 21.5. The van der Waals surface area contributed by atoms with Crippen LogP contribution in [-0.4, -0.2) is 48.0 Å². The zero-order chi connectivity index (χ0) is 25.1. The summed E-state index contributed by atoms with van der Waals surface area (Å²) in [7, 11) is 0. The fraction of sp³-hybridized carbons (Fsp3) is 0.321. The molecule has 1 amide bonds. The van der Waals surface area contributed by atoms with Crippen molar-refractivity contribution in [3.05, 3.63) is 105 Å². The molecule has 1 N–H and O–H groups in total. The fourth-order valence-electron chi connectivity index (χ4n) is 5.38. The topological polar surface area (TPSA) is 78.7 Å². The molecule has 0 aliphatic carbocycles. The molecule has 36 heavy (non-hydrogen) atoms. The van der Waals surface area contributed by atoms with Crippen molar-refractivity contribution in [3.63, 3.8) is 0 Å². The Kier molecular flexibility index (Phi) is 6.95. The first-order chi connectivity index (χ1) is 17.5. The number of carbonyl (C=O) groups is 1. The summed E-state index contributed by atoms with van der Waals surface area (Å²) in [5.74, 6) is -0.609. The molecule has 186 valence electrons. The summed E-state index contributed by atoms with van der Waals surface area (Å²) in [4.78, 5) is 29.0. The van der Waals surface area contributed by atoms with Gasteiger partial charge in [-0.15, -0.1) is 0 Å². The predicted octanol–water partition coefficient (Wildman–Crippen LogP) is 3.96. The Morgan fingerprint density at radius 2 is 1.81 bits per heavy atom. The Morgan fingerprint density at radius 3 is 2.56 bits per heavy atom. The summed E-state index contributed by atoms with van der Waals surface area (Å²) in [6.45, 7) is 3.40. The minimum absolute atomic E-state index is 0.0262. The van der Waals surface area contributed by atoms with E-state index in [0.29, 0.717) is 32.6 Å². The third-order valence-corrected chi connectivity index (χ3v) is 7.20. The largest absolute Gasteiger partial charge is 0.365 e. The molecule has 0 saturated carbocycles. The van der Waals surface area contributed by atoms with Gasteiger partial charge < -0.3 is 10.2 Å². The van der Waals surface area contributed by atoms with Gasteiger partial charge in [-0.1, -0.05) is 42.5 Å². The molecule has 0 unspecified atom stereocenters. The normalized spacial score (nSPS) is 19.3. The van der Waals surface area contributed by atoms with Crippen LogP contribution in [0.4, 0.5) is 15.8 Å². The van der Waals surface area contributed by atoms with Crippen molar-refractivity contribution in [1.29, 1.82) is 0 Å². The van der Waals surface area contributed by atoms with E-state index in [2.05, 4.69) is 15.1 Å². The molecule has 2 atom stereocenters. The van der Waals surface area contributed by atoms with Gasteiger partial charge >= 0.3 is 0 Å². The zero-order valence-corrected chi connectivity index (χ0v) is 20.0. The standard InChI is InChI=1S/C28H29FN4O3/c29-23-8-6-21(7-9-23)18-31-14-15-32-26-11-10-24(33(35)36)16-22(26)17-25(27(32)19-31)28(34)30-13-12-20-4-2-1-3-5-20/h1-11,16,25,27H,12-15,17-19H2,(H,30,34)/t25-,27-/m1/s1. The molecule has 3 aromatic carbocycles. The predicted molar refractivity (Wildman–Crippen MR) is 136 cm³/mol. The lowest BCUT2D eigenvalue weighted by atomic mass is 9.83. The second-order valence-corrected chi connectivity index (χ2v) is 9.53. The lowest BCUT2D eigenvalue weighted by Gasteiger charge is -2.49. The number of nitrogens with one attached hydrogen (secondary N) is 1. The second-order valence-electron chi connectivity index (χ2n) is 9.53. The lowest BCUT2D eigenvalue weighted by Crippen LogP contribution is -2.61. The number of hydrogen-bond acceptors (Lipinski definition) is 5. The van der Waals surface area contributed by atoms with Gasteiger partial charge in [0.25, 0.3) is 5.69 Å². The number of carbonyl (C=O) groups excluding carboxylic acids is 1. The number of nitrogens with zero attached hydrogens (tertiary/aromatic N) is 3. The highest BCUT2D eigenvalue weighted by Gasteiger charge is 2.41. The number of rotatable bonds is 7. The van der Waals surface area contributed by atoms with Crippen LogP contribution in [-0.2, 0) is 24.2 Å². The van der Waals surface area contributed by atoms with Crippen molar-refractivity contribution in [1.82, 2.24) is 10.2 Å². The van der Waals surface area contributed by atoms with Crippen LogP contribution in [0.25, 0.3) is 0 Å². The average molecular weight is 489 g/mol. The Bertz CT molecular complexity index is 1240. The molecule has 0 spiro atoms. The SMILES string of the molecule is O=C(NCCc1ccccc1)[C@@H]1Cc2cc([N+](=O)[O-])ccc2N2CCN(Cc3ccc(F)cc3)C[C@H]12. The summed E-state index contributed by atoms with van der Waals surface area (Å²) in [5.41, 5.74) is 4.05. The lowest BCUT2D eigenvalue weighted by molar-refractivity contribution is -0.384. The van der Waals surface area contributed by atoms with Crippen LogP contribution >= 0.6 is 0 Å². The van der Waals surface area contributed by atoms with Crippen LogP contribution in [0.1, 0.15) is 16.7 Å². The minimum Gasteiger partial charge on any atom is -0.365 e. The van der Waals surface area contributed by atoms with Crippen molar-refractivity contribution in [2.45, 2.75) is 25.4 Å². The van der Waals surface area contributed by atoms with Crippen LogP contribution in [0.3, 0.4) is 0 Å². The number of nitro groups is 1. The Morgan fingerprint density at radius 1 is 1.03 bits per heavy atom. The summed E-state index contributed by atoms with van der Waals surface area (Å²) < 4.78 is 13.3. The van der Waals surface area contributed by atoms with E-state index in [4.69, 9.17) is 0 Å². The highest BCUT2D eigenvalue weighted by Crippen LogP contribution is 2.38. The Labute approximate surface area is 209 Å². The highest BCUT2D eigenvalue weighted by atomic mass is 19.1. The number of amides is 1. The minimum atomic E-state index is -0.387. The third kappa shape index (κ3) is 5.23. The van der Waals surface area contributed by atoms with Crippen LogP contribution in [0.5, 0.6) is 0 Å². The van der Waals surface area contributed by atoms with Crippen molar-refractivity contribution >= 4 is 17.3 Å². The van der Waals surface area contributed by atoms with E-state index in [-0.39, 0.29) is 34.3 Å². The van der Waals surface area contributed by atoms with Gasteiger partial charge in [0, 0.05) is 50.5 Å². The number of non-ortho nitro benzene ring substituents is 1. The number of benzene rings is 3. The van der Waals surface area contributed by atoms with Gasteiger partial charge in [0.05, 0.1) is 16.9 Å². The Hall–Kier alpha value is -3.78. The molecule has 1 saturated heterocycles. The monoisotopic (exact) mass is 488 g/mol. The van der Waals surface area contributed by atoms with Crippen LogP contribution in [0, 0.1) is 21.8 Å². The molecule has 1 fully saturated rings. The van der Waals surface area contributed by atoms with Gasteiger partial charge in [-0.05, 0) is 47.7 Å². The van der Waals surface area contributed by atoms with E-state index in [0.717, 1.165) is 35.3 Å². The van der Waals surface area contributed by atoms with Crippen LogP contribution < -0.4 is 10.2 Å². The van der Waals surface area contributed by atoms with E-state index in [1.165, 1.54) is 12.1 Å². The maximum Gasteiger partial charge on any atom is 0.269 e. The molecule has 2 aliphatic rings. The van der Waals surface area contributed by atoms with E-state index in [9.17, 15) is 19.3 Å². The number of hydrogen-bond donors (Lipinski definition) is 1. The molecule has 3 aromatic rings. The van der Waals surface area contributed by atoms with Gasteiger partial charge in [-0.2, -0.15) is 0 Å². The summed E-state index contributed by atoms with van der Waals surface area (Å²) in [5, 5.41) is 14.5. The fourth-order valence-corrected chi connectivity index (χ4v) is 5.38. The smallest absolute Gasteiger partial charge is 0.269 e. The molecule has 0 aromatic heterocycles. The van der Waals surface area contributed by atoms with Crippen molar-refractivity contribution in [2.75, 3.05) is 31.1 Å². The quantitative estimate of drug-likeness (QED) is 0.402.